The predicted octanol–water partition coefficient (Wildman–Crippen LogP) is 3.12. The first-order valence-electron chi connectivity index (χ1n) is 6.10. The van der Waals surface area contributed by atoms with E-state index >= 15 is 0 Å². The zero-order valence-corrected chi connectivity index (χ0v) is 12.9. The summed E-state index contributed by atoms with van der Waals surface area (Å²) in [5, 5.41) is 0. The van der Waals surface area contributed by atoms with Crippen molar-refractivity contribution in [2.45, 2.75) is 6.54 Å². The molecule has 0 aliphatic rings. The van der Waals surface area contributed by atoms with Gasteiger partial charge in [-0.1, -0.05) is 6.07 Å². The van der Waals surface area contributed by atoms with Crippen molar-refractivity contribution in [3.05, 3.63) is 58.3 Å². The second-order valence-electron chi connectivity index (χ2n) is 4.33. The number of pyridine rings is 1. The lowest BCUT2D eigenvalue weighted by Gasteiger charge is -2.17. The van der Waals surface area contributed by atoms with Gasteiger partial charge in [-0.05, 0) is 46.3 Å². The van der Waals surface area contributed by atoms with Crippen molar-refractivity contribution in [2.75, 3.05) is 14.2 Å². The molecule has 0 saturated carbocycles. The molecule has 0 saturated heterocycles. The summed E-state index contributed by atoms with van der Waals surface area (Å²) in [6.45, 7) is 0.476. The van der Waals surface area contributed by atoms with E-state index in [1.165, 1.54) is 0 Å². The number of methoxy groups -OCH3 is 1. The van der Waals surface area contributed by atoms with Crippen LogP contribution in [0.5, 0.6) is 5.75 Å². The topological polar surface area (TPSA) is 42.4 Å². The van der Waals surface area contributed by atoms with E-state index in [4.69, 9.17) is 4.74 Å². The smallest absolute Gasteiger partial charge is 0.253 e. The molecule has 0 fully saturated rings. The molecule has 2 rings (SSSR count). The molecule has 2 aromatic rings. The van der Waals surface area contributed by atoms with Crippen LogP contribution in [0.25, 0.3) is 0 Å². The Labute approximate surface area is 126 Å². The minimum atomic E-state index is -0.0565. The van der Waals surface area contributed by atoms with Crippen LogP contribution in [0.4, 0.5) is 0 Å². The number of carbonyl (C=O) groups excluding carboxylic acids is 1. The maximum Gasteiger partial charge on any atom is 0.253 e. The number of carbonyl (C=O) groups is 1. The zero-order chi connectivity index (χ0) is 14.5. The monoisotopic (exact) mass is 334 g/mol. The van der Waals surface area contributed by atoms with E-state index in [1.807, 2.05) is 18.2 Å². The average Bonchev–Trinajstić information content (AvgIpc) is 2.47. The number of nitrogens with zero attached hydrogens (tertiary/aromatic N) is 2. The summed E-state index contributed by atoms with van der Waals surface area (Å²) in [5.41, 5.74) is 1.46. The second-order valence-corrected chi connectivity index (χ2v) is 5.19. The first-order chi connectivity index (χ1) is 9.61. The van der Waals surface area contributed by atoms with Crippen LogP contribution in [0.3, 0.4) is 0 Å². The molecule has 1 heterocycles. The largest absolute Gasteiger partial charge is 0.496 e. The van der Waals surface area contributed by atoms with Crippen LogP contribution in [0.1, 0.15) is 16.1 Å². The summed E-state index contributed by atoms with van der Waals surface area (Å²) >= 11 is 3.38. The number of aromatic nitrogens is 1. The zero-order valence-electron chi connectivity index (χ0n) is 11.3. The quantitative estimate of drug-likeness (QED) is 0.862. The molecule has 4 nitrogen and oxygen atoms in total. The summed E-state index contributed by atoms with van der Waals surface area (Å²) in [6.07, 6.45) is 1.72. The van der Waals surface area contributed by atoms with Crippen molar-refractivity contribution in [1.29, 1.82) is 0 Å². The number of benzene rings is 1. The first-order valence-corrected chi connectivity index (χ1v) is 6.90. The summed E-state index contributed by atoms with van der Waals surface area (Å²) in [7, 11) is 3.35. The summed E-state index contributed by atoms with van der Waals surface area (Å²) < 4.78 is 5.92. The Bertz CT molecular complexity index is 602. The molecule has 0 aliphatic carbocycles. The van der Waals surface area contributed by atoms with Gasteiger partial charge in [0.15, 0.2) is 0 Å². The minimum absolute atomic E-state index is 0.0565. The van der Waals surface area contributed by atoms with Crippen molar-refractivity contribution in [2.24, 2.45) is 0 Å². The van der Waals surface area contributed by atoms with Crippen LogP contribution < -0.4 is 4.74 Å². The summed E-state index contributed by atoms with van der Waals surface area (Å²) in [5.74, 6) is 0.646. The lowest BCUT2D eigenvalue weighted by Crippen LogP contribution is -2.26. The van der Waals surface area contributed by atoms with Crippen LogP contribution in [0.15, 0.2) is 47.1 Å². The molecule has 0 bridgehead atoms. The van der Waals surface area contributed by atoms with E-state index in [0.29, 0.717) is 17.9 Å². The molecule has 0 aliphatic heterocycles. The van der Waals surface area contributed by atoms with E-state index < -0.39 is 0 Å². The summed E-state index contributed by atoms with van der Waals surface area (Å²) in [6, 6.07) is 10.9. The van der Waals surface area contributed by atoms with Gasteiger partial charge in [-0.25, -0.2) is 0 Å². The number of rotatable bonds is 4. The van der Waals surface area contributed by atoms with E-state index in [-0.39, 0.29) is 5.91 Å². The molecule has 1 aromatic heterocycles. The fraction of sp³-hybridized carbons (Fsp3) is 0.200. The van der Waals surface area contributed by atoms with Gasteiger partial charge >= 0.3 is 0 Å². The minimum Gasteiger partial charge on any atom is -0.496 e. The standard InChI is InChI=1S/C15H15BrN2O2/c1-18(10-12-5-3-4-8-17-12)15(19)11-6-7-14(20-2)13(16)9-11/h3-9H,10H2,1-2H3. The predicted molar refractivity (Wildman–Crippen MR) is 80.7 cm³/mol. The lowest BCUT2D eigenvalue weighted by atomic mass is 10.2. The fourth-order valence-corrected chi connectivity index (χ4v) is 2.37. The Hall–Kier alpha value is -1.88. The molecule has 0 spiro atoms. The molecule has 0 N–H and O–H groups in total. The number of hydrogen-bond donors (Lipinski definition) is 0. The Kier molecular flexibility index (Phi) is 4.74. The van der Waals surface area contributed by atoms with E-state index in [9.17, 15) is 4.79 Å². The molecule has 0 unspecified atom stereocenters. The molecule has 5 heteroatoms. The van der Waals surface area contributed by atoms with Gasteiger partial charge in [-0.2, -0.15) is 0 Å². The second kappa shape index (κ2) is 6.52. The van der Waals surface area contributed by atoms with Gasteiger partial charge < -0.3 is 9.64 Å². The van der Waals surface area contributed by atoms with Crippen molar-refractivity contribution < 1.29 is 9.53 Å². The Morgan fingerprint density at radius 1 is 1.35 bits per heavy atom. The van der Waals surface area contributed by atoms with Crippen LogP contribution >= 0.6 is 15.9 Å². The van der Waals surface area contributed by atoms with E-state index in [1.54, 1.807) is 43.5 Å². The van der Waals surface area contributed by atoms with Gasteiger partial charge in [-0.3, -0.25) is 9.78 Å². The molecular formula is C15H15BrN2O2. The van der Waals surface area contributed by atoms with Crippen molar-refractivity contribution in [3.8, 4) is 5.75 Å². The highest BCUT2D eigenvalue weighted by Crippen LogP contribution is 2.26. The highest BCUT2D eigenvalue weighted by molar-refractivity contribution is 9.10. The lowest BCUT2D eigenvalue weighted by molar-refractivity contribution is 0.0783. The molecular weight excluding hydrogens is 320 g/mol. The number of hydrogen-bond acceptors (Lipinski definition) is 3. The van der Waals surface area contributed by atoms with Crippen LogP contribution in [0, 0.1) is 0 Å². The van der Waals surface area contributed by atoms with E-state index in [2.05, 4.69) is 20.9 Å². The highest BCUT2D eigenvalue weighted by Gasteiger charge is 2.14. The Morgan fingerprint density at radius 2 is 2.15 bits per heavy atom. The third-order valence-electron chi connectivity index (χ3n) is 2.87. The average molecular weight is 335 g/mol. The molecule has 104 valence electrons. The van der Waals surface area contributed by atoms with Gasteiger partial charge in [-0.15, -0.1) is 0 Å². The first kappa shape index (κ1) is 14.5. The van der Waals surface area contributed by atoms with Gasteiger partial charge in [0.25, 0.3) is 5.91 Å². The van der Waals surface area contributed by atoms with Crippen LogP contribution in [0.2, 0.25) is 0 Å². The maximum atomic E-state index is 12.3. The third-order valence-corrected chi connectivity index (χ3v) is 3.49. The van der Waals surface area contributed by atoms with Crippen molar-refractivity contribution in [1.82, 2.24) is 9.88 Å². The molecule has 1 amide bonds. The Balaban J connectivity index is 2.12. The molecule has 0 atom stereocenters. The van der Waals surface area contributed by atoms with Crippen molar-refractivity contribution >= 4 is 21.8 Å². The van der Waals surface area contributed by atoms with E-state index in [0.717, 1.165) is 10.2 Å². The Morgan fingerprint density at radius 3 is 2.75 bits per heavy atom. The van der Waals surface area contributed by atoms with Gasteiger partial charge in [0.1, 0.15) is 5.75 Å². The van der Waals surface area contributed by atoms with Gasteiger partial charge in [0, 0.05) is 18.8 Å². The van der Waals surface area contributed by atoms with Gasteiger partial charge in [0.05, 0.1) is 23.8 Å². The normalized spacial score (nSPS) is 10.2. The molecule has 0 radical (unpaired) electrons. The van der Waals surface area contributed by atoms with Crippen molar-refractivity contribution in [3.63, 3.8) is 0 Å². The number of halogens is 1. The van der Waals surface area contributed by atoms with Crippen LogP contribution in [-0.4, -0.2) is 29.9 Å². The number of ether oxygens (including phenoxy) is 1. The maximum absolute atomic E-state index is 12.3. The SMILES string of the molecule is COc1ccc(C(=O)N(C)Cc2ccccn2)cc1Br. The summed E-state index contributed by atoms with van der Waals surface area (Å²) in [4.78, 5) is 18.2. The van der Waals surface area contributed by atoms with Crippen LogP contribution in [-0.2, 0) is 6.54 Å². The number of amides is 1. The highest BCUT2D eigenvalue weighted by atomic mass is 79.9. The third kappa shape index (κ3) is 3.36. The fourth-order valence-electron chi connectivity index (χ4n) is 1.83. The van der Waals surface area contributed by atoms with Gasteiger partial charge in [0.2, 0.25) is 0 Å². The molecule has 20 heavy (non-hydrogen) atoms. The molecule has 1 aromatic carbocycles.